The molecule has 0 saturated carbocycles. The number of amides is 1. The van der Waals surface area contributed by atoms with Gasteiger partial charge in [-0.25, -0.2) is 0 Å². The Hall–Kier alpha value is -2.14. The third kappa shape index (κ3) is 3.36. The fourth-order valence-corrected chi connectivity index (χ4v) is 2.97. The quantitative estimate of drug-likeness (QED) is 0.942. The zero-order valence-corrected chi connectivity index (χ0v) is 13.0. The van der Waals surface area contributed by atoms with Gasteiger partial charge in [-0.2, -0.15) is 0 Å². The number of hydrogen-bond acceptors (Lipinski definition) is 4. The lowest BCUT2D eigenvalue weighted by Crippen LogP contribution is -2.32. The van der Waals surface area contributed by atoms with Gasteiger partial charge in [0.2, 0.25) is 11.8 Å². The van der Waals surface area contributed by atoms with Gasteiger partial charge in [0.1, 0.15) is 0 Å². The summed E-state index contributed by atoms with van der Waals surface area (Å²) in [7, 11) is 0. The van der Waals surface area contributed by atoms with Crippen LogP contribution in [-0.2, 0) is 4.79 Å². The first-order chi connectivity index (χ1) is 10.6. The van der Waals surface area contributed by atoms with Crippen LogP contribution in [0.4, 0.5) is 5.88 Å². The van der Waals surface area contributed by atoms with Gasteiger partial charge in [0, 0.05) is 12.1 Å². The highest BCUT2D eigenvalue weighted by Gasteiger charge is 2.27. The lowest BCUT2D eigenvalue weighted by Gasteiger charge is -2.24. The number of aryl methyl sites for hydroxylation is 2. The molecule has 1 amide bonds. The van der Waals surface area contributed by atoms with Crippen LogP contribution in [0.25, 0.3) is 0 Å². The Balaban J connectivity index is 1.63. The van der Waals surface area contributed by atoms with Crippen molar-refractivity contribution >= 4 is 11.8 Å². The molecule has 1 aromatic carbocycles. The largest absolute Gasteiger partial charge is 0.338 e. The third-order valence-corrected chi connectivity index (χ3v) is 4.06. The van der Waals surface area contributed by atoms with Crippen LogP contribution in [-0.4, -0.2) is 29.1 Å². The minimum Gasteiger partial charge on any atom is -0.338 e. The van der Waals surface area contributed by atoms with Crippen molar-refractivity contribution in [1.29, 1.82) is 0 Å². The molecule has 1 aliphatic rings. The van der Waals surface area contributed by atoms with E-state index in [1.165, 1.54) is 11.1 Å². The monoisotopic (exact) mass is 299 g/mol. The smallest absolute Gasteiger partial charge is 0.240 e. The fourth-order valence-electron chi connectivity index (χ4n) is 2.97. The average Bonchev–Trinajstić information content (AvgIpc) is 3.09. The summed E-state index contributed by atoms with van der Waals surface area (Å²) in [5.74, 6) is 0.351. The third-order valence-electron chi connectivity index (χ3n) is 4.06. The van der Waals surface area contributed by atoms with Gasteiger partial charge in [0.25, 0.3) is 0 Å². The van der Waals surface area contributed by atoms with Gasteiger partial charge in [0.05, 0.1) is 12.2 Å². The minimum absolute atomic E-state index is 0.0600. The number of rotatable bonds is 4. The molecule has 2 heterocycles. The van der Waals surface area contributed by atoms with E-state index in [9.17, 15) is 4.79 Å². The van der Waals surface area contributed by atoms with E-state index in [0.29, 0.717) is 18.5 Å². The van der Waals surface area contributed by atoms with Gasteiger partial charge in [-0.15, -0.1) is 0 Å². The van der Waals surface area contributed by atoms with Crippen LogP contribution < -0.4 is 5.32 Å². The molecule has 1 atom stereocenters. The van der Waals surface area contributed by atoms with Crippen molar-refractivity contribution in [3.8, 4) is 0 Å². The molecule has 5 heteroatoms. The fraction of sp³-hybridized carbons (Fsp3) is 0.412. The number of anilines is 1. The summed E-state index contributed by atoms with van der Waals surface area (Å²) >= 11 is 0. The molecular weight excluding hydrogens is 278 g/mol. The van der Waals surface area contributed by atoms with Crippen molar-refractivity contribution in [1.82, 2.24) is 10.1 Å². The molecule has 116 valence electrons. The SMILES string of the molecule is Cc1ccc([C@@H]2CCCN2CC(=O)Nc2cc(C)no2)cc1. The Labute approximate surface area is 130 Å². The molecule has 3 rings (SSSR count). The first-order valence-corrected chi connectivity index (χ1v) is 7.65. The van der Waals surface area contributed by atoms with Crippen LogP contribution >= 0.6 is 0 Å². The van der Waals surface area contributed by atoms with Crippen molar-refractivity contribution in [3.05, 3.63) is 47.2 Å². The first-order valence-electron chi connectivity index (χ1n) is 7.65. The molecule has 0 radical (unpaired) electrons. The minimum atomic E-state index is -0.0600. The summed E-state index contributed by atoms with van der Waals surface area (Å²) in [6, 6.07) is 10.6. The topological polar surface area (TPSA) is 58.4 Å². The molecule has 0 aliphatic carbocycles. The predicted molar refractivity (Wildman–Crippen MR) is 84.6 cm³/mol. The van der Waals surface area contributed by atoms with Gasteiger partial charge in [-0.05, 0) is 38.8 Å². The Morgan fingerprint density at radius 3 is 2.82 bits per heavy atom. The normalized spacial score (nSPS) is 18.5. The van der Waals surface area contributed by atoms with Crippen molar-refractivity contribution in [3.63, 3.8) is 0 Å². The average molecular weight is 299 g/mol. The summed E-state index contributed by atoms with van der Waals surface area (Å²) in [6.07, 6.45) is 2.21. The maximum atomic E-state index is 12.2. The number of benzene rings is 1. The standard InChI is InChI=1S/C17H21N3O2/c1-12-5-7-14(8-6-12)15-4-3-9-20(15)11-16(21)18-17-10-13(2)19-22-17/h5-8,10,15H,3-4,9,11H2,1-2H3,(H,18,21)/t15-/m0/s1. The van der Waals surface area contributed by atoms with E-state index in [4.69, 9.17) is 4.52 Å². The summed E-state index contributed by atoms with van der Waals surface area (Å²) < 4.78 is 5.02. The zero-order valence-electron chi connectivity index (χ0n) is 13.0. The first kappa shape index (κ1) is 14.8. The van der Waals surface area contributed by atoms with Crippen LogP contribution in [0.3, 0.4) is 0 Å². The number of nitrogens with zero attached hydrogens (tertiary/aromatic N) is 2. The van der Waals surface area contributed by atoms with Gasteiger partial charge in [0.15, 0.2) is 0 Å². The highest BCUT2D eigenvalue weighted by molar-refractivity contribution is 5.91. The number of carbonyl (C=O) groups is 1. The van der Waals surface area contributed by atoms with Gasteiger partial charge < -0.3 is 4.52 Å². The summed E-state index contributed by atoms with van der Waals surface area (Å²) in [6.45, 7) is 5.23. The molecule has 0 spiro atoms. The van der Waals surface area contributed by atoms with Crippen LogP contribution in [0, 0.1) is 13.8 Å². The molecule has 1 saturated heterocycles. The molecular formula is C17H21N3O2. The molecule has 5 nitrogen and oxygen atoms in total. The number of nitrogens with one attached hydrogen (secondary N) is 1. The molecule has 1 fully saturated rings. The Bertz CT molecular complexity index is 648. The molecule has 22 heavy (non-hydrogen) atoms. The maximum Gasteiger partial charge on any atom is 0.240 e. The highest BCUT2D eigenvalue weighted by atomic mass is 16.5. The van der Waals surface area contributed by atoms with Gasteiger partial charge in [-0.1, -0.05) is 35.0 Å². The van der Waals surface area contributed by atoms with Crippen molar-refractivity contribution in [2.24, 2.45) is 0 Å². The second-order valence-corrected chi connectivity index (χ2v) is 5.92. The van der Waals surface area contributed by atoms with Crippen LogP contribution in [0.15, 0.2) is 34.9 Å². The van der Waals surface area contributed by atoms with E-state index in [2.05, 4.69) is 46.6 Å². The lowest BCUT2D eigenvalue weighted by molar-refractivity contribution is -0.117. The van der Waals surface area contributed by atoms with Crippen molar-refractivity contribution in [2.45, 2.75) is 32.7 Å². The van der Waals surface area contributed by atoms with E-state index in [-0.39, 0.29) is 5.91 Å². The second-order valence-electron chi connectivity index (χ2n) is 5.92. The molecule has 0 unspecified atom stereocenters. The van der Waals surface area contributed by atoms with E-state index >= 15 is 0 Å². The van der Waals surface area contributed by atoms with Gasteiger partial charge >= 0.3 is 0 Å². The number of carbonyl (C=O) groups excluding carboxylic acids is 1. The predicted octanol–water partition coefficient (Wildman–Crippen LogP) is 3.07. The van der Waals surface area contributed by atoms with E-state index < -0.39 is 0 Å². The van der Waals surface area contributed by atoms with Crippen LogP contribution in [0.2, 0.25) is 0 Å². The zero-order chi connectivity index (χ0) is 15.5. The highest BCUT2D eigenvalue weighted by Crippen LogP contribution is 2.31. The molecule has 0 bridgehead atoms. The van der Waals surface area contributed by atoms with E-state index in [1.54, 1.807) is 6.07 Å². The number of aromatic nitrogens is 1. The summed E-state index contributed by atoms with van der Waals surface area (Å²) in [5.41, 5.74) is 3.30. The number of likely N-dealkylation sites (tertiary alicyclic amines) is 1. The maximum absolute atomic E-state index is 12.2. The summed E-state index contributed by atoms with van der Waals surface area (Å²) in [5, 5.41) is 6.53. The second kappa shape index (κ2) is 6.32. The van der Waals surface area contributed by atoms with Crippen molar-refractivity contribution < 1.29 is 9.32 Å². The Morgan fingerprint density at radius 1 is 1.36 bits per heavy atom. The molecule has 1 aromatic heterocycles. The number of hydrogen-bond donors (Lipinski definition) is 1. The van der Waals surface area contributed by atoms with E-state index in [1.807, 2.05) is 6.92 Å². The van der Waals surface area contributed by atoms with E-state index in [0.717, 1.165) is 25.1 Å². The van der Waals surface area contributed by atoms with Crippen LogP contribution in [0.1, 0.15) is 35.7 Å². The molecule has 1 N–H and O–H groups in total. The summed E-state index contributed by atoms with van der Waals surface area (Å²) in [4.78, 5) is 14.4. The Kier molecular flexibility index (Phi) is 4.24. The molecule has 1 aliphatic heterocycles. The lowest BCUT2D eigenvalue weighted by atomic mass is 10.0. The van der Waals surface area contributed by atoms with Crippen LogP contribution in [0.5, 0.6) is 0 Å². The molecule has 2 aromatic rings. The Morgan fingerprint density at radius 2 is 2.14 bits per heavy atom. The van der Waals surface area contributed by atoms with Gasteiger partial charge in [-0.3, -0.25) is 15.0 Å². The van der Waals surface area contributed by atoms with Crippen molar-refractivity contribution in [2.75, 3.05) is 18.4 Å².